The molecule has 33 atom stereocenters. The number of ether oxygens (including phenoxy) is 20. The Morgan fingerprint density at radius 2 is 0.794 bits per heavy atom. The second-order valence-electron chi connectivity index (χ2n) is 31.4. The average molecular weight is 1850 g/mol. The number of methoxy groups -OCH3 is 8. The number of nitrogens with zero attached hydrogens (tertiary/aromatic N) is 3. The molecule has 0 aromatic rings. The summed E-state index contributed by atoms with van der Waals surface area (Å²) in [5.41, 5.74) is 0.380. The van der Waals surface area contributed by atoms with Crippen molar-refractivity contribution in [2.45, 2.75) is 389 Å². The van der Waals surface area contributed by atoms with Gasteiger partial charge in [-0.1, -0.05) is 73.6 Å². The van der Waals surface area contributed by atoms with E-state index in [4.69, 9.17) is 179 Å². The quantitative estimate of drug-likeness (QED) is 0.0113. The number of aliphatic hydroxyl groups excluding tert-OH is 5. The molecule has 0 aliphatic carbocycles. The molecule has 0 aromatic heterocycles. The van der Waals surface area contributed by atoms with E-state index in [1.54, 1.807) is 56.9 Å². The van der Waals surface area contributed by atoms with Crippen molar-refractivity contribution in [2.75, 3.05) is 130 Å². The number of hydrogen-bond acceptors (Lipinski definition) is 31. The minimum absolute atomic E-state index is 0.00302. The van der Waals surface area contributed by atoms with Gasteiger partial charge in [0.05, 0.1) is 144 Å². The van der Waals surface area contributed by atoms with Crippen LogP contribution in [-0.2, 0) is 113 Å². The fourth-order valence-electron chi connectivity index (χ4n) is 11.9. The number of esters is 1. The van der Waals surface area contributed by atoms with Crippen LogP contribution >= 0.6 is 26.0 Å². The zero-order valence-corrected chi connectivity index (χ0v) is 83.6. The topological polar surface area (TPSA) is 391 Å². The average Bonchev–Trinajstić information content (AvgIpc) is 1.68. The summed E-state index contributed by atoms with van der Waals surface area (Å²) < 4.78 is 122. The number of halogens is 1. The Morgan fingerprint density at radius 1 is 0.476 bits per heavy atom. The first-order chi connectivity index (χ1) is 59.4. The van der Waals surface area contributed by atoms with Gasteiger partial charge in [0.25, 0.3) is 0 Å². The molecule has 6 N–H and O–H groups in total. The number of nitrogens with one attached hydrogen (secondary N) is 1. The van der Waals surface area contributed by atoms with E-state index in [1.165, 1.54) is 7.05 Å². The van der Waals surface area contributed by atoms with E-state index in [0.29, 0.717) is 83.8 Å². The van der Waals surface area contributed by atoms with Gasteiger partial charge in [-0.2, -0.15) is 5.26 Å². The highest BCUT2D eigenvalue weighted by Crippen LogP contribution is 2.60. The minimum Gasteiger partial charge on any atom is -0.457 e. The van der Waals surface area contributed by atoms with E-state index in [9.17, 15) is 30.0 Å². The van der Waals surface area contributed by atoms with E-state index < -0.39 is 118 Å². The van der Waals surface area contributed by atoms with Gasteiger partial charge in [-0.3, -0.25) is 14.3 Å². The molecular formula is C84H161B6ClN4O29P2. The normalized spacial score (nSPS) is 31.1. The maximum Gasteiger partial charge on any atom is 0.306 e. The number of nitriles is 1. The molecule has 726 valence electrons. The summed E-state index contributed by atoms with van der Waals surface area (Å²) in [6, 6.07) is -1.15. The molecule has 6 saturated heterocycles. The predicted octanol–water partition coefficient (Wildman–Crippen LogP) is 7.52. The van der Waals surface area contributed by atoms with Gasteiger partial charge in [0.15, 0.2) is 14.5 Å². The van der Waals surface area contributed by atoms with E-state index in [1.807, 2.05) is 104 Å². The van der Waals surface area contributed by atoms with Crippen molar-refractivity contribution in [3.63, 3.8) is 0 Å². The number of hydrogen-bond donors (Lipinski definition) is 6. The van der Waals surface area contributed by atoms with Crippen LogP contribution in [-0.4, -0.2) is 414 Å². The van der Waals surface area contributed by atoms with Crippen LogP contribution in [0.15, 0.2) is 4.74 Å². The standard InChI is InChI=1S/C15H26BNO6.C14H25BNO5P.3C10H19BO4.C9H18ClN2P.C6H11BO3.C5H12O2.C5H12O/c1-5-10-13(23-12(19)7-6-11(18)17-3)14(15(16)22-10)21-8-9(2)20-4;1-6-11-12(21-22(5)19-8-7-16-3)13(14(15)20-11)18-9-10(2)17-4;3*1-4-7-8(12)9(10(11)15-7)14-5-6(2)13-3;1-8(2)12-13(10,9(3)4)7-5-6-11;1-2-3-4(8)5(9)6(7)10-3;1-5(7-3)4-6-2;1-4-5(2)6-3/h9-10,13-15H,5-8H2,1-4H3,(H,17,18);10-14H,6-9H2,1-2,4-5H3;3*6-10,12H,4-5H2,1-3H3;8-9H,5,7H2,1-4H3;3-6,8-9H,2H2,1H3;5H,4H2,1-3H3;5H,4H2,1-3H3/t9?,10-,13?,14+,15-;10?,11-,12?,13+,14-,22?;3*6?,7-,8?,9+,10-;;3-,4?,5+,6-;;/m11111.1../s1. The molecular weight excluding hydrogens is 1690 g/mol. The molecule has 0 bridgehead atoms. The second kappa shape index (κ2) is 74.5. The lowest BCUT2D eigenvalue weighted by molar-refractivity contribution is -0.159. The van der Waals surface area contributed by atoms with Gasteiger partial charge < -0.3 is 139 Å². The highest BCUT2D eigenvalue weighted by Gasteiger charge is 2.48. The van der Waals surface area contributed by atoms with Crippen LogP contribution in [0.5, 0.6) is 0 Å². The van der Waals surface area contributed by atoms with Crippen molar-refractivity contribution in [1.82, 2.24) is 5.32 Å². The molecule has 126 heavy (non-hydrogen) atoms. The van der Waals surface area contributed by atoms with Gasteiger partial charge in [0.1, 0.15) is 115 Å². The summed E-state index contributed by atoms with van der Waals surface area (Å²) >= 11 is 6.44. The summed E-state index contributed by atoms with van der Waals surface area (Å²) in [7, 11) is 48.0. The molecule has 33 nitrogen and oxygen atoms in total. The van der Waals surface area contributed by atoms with E-state index in [-0.39, 0.29) is 110 Å². The fraction of sp³-hybridized carbons (Fsp3) is 0.952. The zero-order chi connectivity index (χ0) is 97.1. The monoisotopic (exact) mass is 1850 g/mol. The molecule has 15 unspecified atom stereocenters. The summed E-state index contributed by atoms with van der Waals surface area (Å²) in [5, 5.41) is 58.7. The summed E-state index contributed by atoms with van der Waals surface area (Å²) in [6.45, 7) is 47.4. The summed E-state index contributed by atoms with van der Waals surface area (Å²) in [4.78, 5) is 26.4. The summed E-state index contributed by atoms with van der Waals surface area (Å²) in [6.07, 6.45) is -2.68. The zero-order valence-electron chi connectivity index (χ0n) is 81.1. The van der Waals surface area contributed by atoms with Gasteiger partial charge >= 0.3 is 5.97 Å². The van der Waals surface area contributed by atoms with Gasteiger partial charge in [-0.25, -0.2) is 6.57 Å². The maximum atomic E-state index is 11.9. The van der Waals surface area contributed by atoms with Crippen LogP contribution in [0.4, 0.5) is 0 Å². The van der Waals surface area contributed by atoms with Crippen LogP contribution in [0.3, 0.4) is 0 Å². The highest BCUT2D eigenvalue weighted by molar-refractivity contribution is 7.91. The van der Waals surface area contributed by atoms with Crippen molar-refractivity contribution >= 4 is 85.0 Å². The number of rotatable bonds is 44. The first kappa shape index (κ1) is 128. The van der Waals surface area contributed by atoms with Gasteiger partial charge in [0.2, 0.25) is 12.5 Å². The second-order valence-corrected chi connectivity index (χ2v) is 37.7. The van der Waals surface area contributed by atoms with Crippen LogP contribution < -0.4 is 5.32 Å². The van der Waals surface area contributed by atoms with Crippen LogP contribution in [0.1, 0.15) is 189 Å². The Kier molecular flexibility index (Phi) is 75.9. The lowest BCUT2D eigenvalue weighted by Crippen LogP contribution is -2.40. The number of carbonyl (C=O) groups excluding carboxylic acids is 2. The number of carbonyl (C=O) groups is 2. The predicted molar refractivity (Wildman–Crippen MR) is 493 cm³/mol. The van der Waals surface area contributed by atoms with Crippen molar-refractivity contribution in [2.24, 2.45) is 4.74 Å². The summed E-state index contributed by atoms with van der Waals surface area (Å²) in [5.74, 6) is -0.682. The number of aliphatic hydroxyl groups is 5. The highest BCUT2D eigenvalue weighted by atomic mass is 35.7. The third-order valence-electron chi connectivity index (χ3n) is 20.6. The van der Waals surface area contributed by atoms with Crippen LogP contribution in [0.25, 0.3) is 4.85 Å². The van der Waals surface area contributed by atoms with Crippen molar-refractivity contribution in [1.29, 1.82) is 5.26 Å². The smallest absolute Gasteiger partial charge is 0.306 e. The van der Waals surface area contributed by atoms with Gasteiger partial charge in [0, 0.05) is 137 Å². The Hall–Kier alpha value is -1.78. The Morgan fingerprint density at radius 3 is 1.06 bits per heavy atom. The molecule has 6 fully saturated rings. The maximum absolute atomic E-state index is 11.9. The largest absolute Gasteiger partial charge is 0.457 e. The fourth-order valence-corrected chi connectivity index (χ4v) is 15.7. The molecule has 1 amide bonds. The first-order valence-electron chi connectivity index (χ1n) is 44.0. The molecule has 42 heteroatoms. The molecule has 6 aliphatic rings. The molecule has 12 radical (unpaired) electrons. The molecule has 6 rings (SSSR count). The molecule has 0 spiro atoms. The van der Waals surface area contributed by atoms with Crippen LogP contribution in [0, 0.1) is 17.9 Å². The third-order valence-corrected chi connectivity index (χ3v) is 26.9. The Bertz CT molecular complexity index is 2730. The SMILES string of the molecule is CC(C)N=P(Cl)(CCC#N)C(C)C.CCC(C)OC.COCC(C)OC.[B][C@@H]1O[C@H](CC)C(O)[C@@H]1O.[B][C@@H]1O[C@H](CC)C(O)[C@@H]1OCC(C)OC.[B][C@@H]1O[C@H](CC)C(O)[C@@H]1OCC(C)OC.[B][C@@H]1O[C@H](CC)C(O)[C@@H]1OCC(C)OC.[B][C@@H]1O[C@H](CC)C(OC(=O)CCC(=O)NC)[C@@H]1OCC(C)OC.[B][C@@H]1O[C@H](CC)C(OP(C)OCC[N+]#[C-])[C@@H]1OCC(C)OC. The Labute approximate surface area is 771 Å². The first-order valence-corrected chi connectivity index (χ1v) is 48.5. The van der Waals surface area contributed by atoms with Gasteiger partial charge in [-0.15, -0.1) is 0 Å². The third kappa shape index (κ3) is 51.8. The lowest BCUT2D eigenvalue weighted by Gasteiger charge is -2.27. The molecule has 0 saturated carbocycles. The lowest BCUT2D eigenvalue weighted by atomic mass is 9.92. The number of amides is 1. The van der Waals surface area contributed by atoms with Crippen LogP contribution in [0.2, 0.25) is 0 Å². The molecule has 0 aromatic carbocycles. The van der Waals surface area contributed by atoms with Crippen molar-refractivity contribution in [3.8, 4) is 6.07 Å². The van der Waals surface area contributed by atoms with E-state index >= 15 is 0 Å². The molecule has 6 heterocycles. The minimum atomic E-state index is -1.74. The van der Waals surface area contributed by atoms with E-state index in [0.717, 1.165) is 38.3 Å². The Balaban J connectivity index is -0.00000138. The van der Waals surface area contributed by atoms with Crippen molar-refractivity contribution in [3.05, 3.63) is 11.4 Å². The molecule has 6 aliphatic heterocycles. The van der Waals surface area contributed by atoms with E-state index in [2.05, 4.69) is 48.7 Å². The van der Waals surface area contributed by atoms with Gasteiger partial charge in [-0.05, 0) is 107 Å². The van der Waals surface area contributed by atoms with Crippen molar-refractivity contribution < 1.29 is 139 Å².